The molecule has 0 fully saturated rings. The van der Waals surface area contributed by atoms with Crippen molar-refractivity contribution in [2.45, 2.75) is 6.04 Å². The number of rotatable bonds is 3. The Morgan fingerprint density at radius 2 is 1.83 bits per heavy atom. The molecular weight excluding hydrogens is 253 g/mol. The number of hydrogen-bond acceptors (Lipinski definition) is 2. The molecule has 0 bridgehead atoms. The van der Waals surface area contributed by atoms with Gasteiger partial charge in [0, 0.05) is 10.6 Å². The Bertz CT molecular complexity index is 542. The van der Waals surface area contributed by atoms with Crippen molar-refractivity contribution >= 4 is 11.6 Å². The molecule has 0 spiro atoms. The molecule has 0 aromatic heterocycles. The minimum Gasteiger partial charge on any atom is -0.497 e. The molecule has 0 saturated carbocycles. The summed E-state index contributed by atoms with van der Waals surface area (Å²) in [5.41, 5.74) is 7.22. The molecule has 2 aromatic rings. The highest BCUT2D eigenvalue weighted by Crippen LogP contribution is 2.26. The first-order chi connectivity index (χ1) is 8.61. The summed E-state index contributed by atoms with van der Waals surface area (Å²) in [5, 5.41) is 0.468. The maximum Gasteiger partial charge on any atom is 0.128 e. The predicted octanol–water partition coefficient (Wildman–Crippen LogP) is 3.54. The molecule has 2 aromatic carbocycles. The van der Waals surface area contributed by atoms with E-state index in [0.29, 0.717) is 10.6 Å². The van der Waals surface area contributed by atoms with Crippen LogP contribution in [-0.4, -0.2) is 7.11 Å². The zero-order valence-electron chi connectivity index (χ0n) is 9.86. The summed E-state index contributed by atoms with van der Waals surface area (Å²) in [7, 11) is 1.59. The molecule has 2 N–H and O–H groups in total. The van der Waals surface area contributed by atoms with Crippen LogP contribution in [0.3, 0.4) is 0 Å². The van der Waals surface area contributed by atoms with Crippen LogP contribution < -0.4 is 10.5 Å². The van der Waals surface area contributed by atoms with Crippen LogP contribution in [-0.2, 0) is 0 Å². The average Bonchev–Trinajstić information content (AvgIpc) is 2.41. The zero-order valence-corrected chi connectivity index (χ0v) is 10.6. The van der Waals surface area contributed by atoms with E-state index >= 15 is 0 Å². The van der Waals surface area contributed by atoms with Crippen LogP contribution in [0.2, 0.25) is 5.02 Å². The van der Waals surface area contributed by atoms with Crippen LogP contribution in [0.5, 0.6) is 5.75 Å². The van der Waals surface area contributed by atoms with E-state index in [-0.39, 0.29) is 5.82 Å². The van der Waals surface area contributed by atoms with Gasteiger partial charge in [0.1, 0.15) is 11.6 Å². The van der Waals surface area contributed by atoms with Gasteiger partial charge < -0.3 is 10.5 Å². The molecule has 2 nitrogen and oxygen atoms in total. The van der Waals surface area contributed by atoms with Gasteiger partial charge in [-0.05, 0) is 35.9 Å². The SMILES string of the molecule is COc1ccc(C(N)c2cc(Cl)ccc2F)cc1. The lowest BCUT2D eigenvalue weighted by atomic mass is 9.99. The second-order valence-corrected chi connectivity index (χ2v) is 4.35. The molecule has 0 aliphatic rings. The lowest BCUT2D eigenvalue weighted by Crippen LogP contribution is -2.13. The van der Waals surface area contributed by atoms with E-state index in [4.69, 9.17) is 22.1 Å². The van der Waals surface area contributed by atoms with Gasteiger partial charge in [-0.15, -0.1) is 0 Å². The van der Waals surface area contributed by atoms with Gasteiger partial charge in [-0.3, -0.25) is 0 Å². The summed E-state index contributed by atoms with van der Waals surface area (Å²) >= 11 is 5.85. The topological polar surface area (TPSA) is 35.2 Å². The summed E-state index contributed by atoms with van der Waals surface area (Å²) in [6.45, 7) is 0. The smallest absolute Gasteiger partial charge is 0.128 e. The van der Waals surface area contributed by atoms with E-state index in [1.165, 1.54) is 12.1 Å². The Balaban J connectivity index is 2.34. The van der Waals surface area contributed by atoms with Crippen LogP contribution in [0, 0.1) is 5.82 Å². The third-order valence-corrected chi connectivity index (χ3v) is 3.00. The highest BCUT2D eigenvalue weighted by molar-refractivity contribution is 6.30. The molecule has 0 heterocycles. The van der Waals surface area contributed by atoms with Crippen LogP contribution in [0.1, 0.15) is 17.2 Å². The summed E-state index contributed by atoms with van der Waals surface area (Å²) in [6, 6.07) is 11.0. The molecule has 0 radical (unpaired) electrons. The molecule has 2 rings (SSSR count). The second-order valence-electron chi connectivity index (χ2n) is 3.92. The maximum atomic E-state index is 13.7. The van der Waals surface area contributed by atoms with Gasteiger partial charge >= 0.3 is 0 Å². The van der Waals surface area contributed by atoms with Gasteiger partial charge in [-0.2, -0.15) is 0 Å². The number of halogens is 2. The van der Waals surface area contributed by atoms with Crippen molar-refractivity contribution in [2.75, 3.05) is 7.11 Å². The first-order valence-electron chi connectivity index (χ1n) is 5.46. The highest BCUT2D eigenvalue weighted by Gasteiger charge is 2.14. The van der Waals surface area contributed by atoms with Crippen molar-refractivity contribution in [2.24, 2.45) is 5.73 Å². The fraction of sp³-hybridized carbons (Fsp3) is 0.143. The van der Waals surface area contributed by atoms with Crippen LogP contribution >= 0.6 is 11.6 Å². The Labute approximate surface area is 110 Å². The number of benzene rings is 2. The lowest BCUT2D eigenvalue weighted by Gasteiger charge is -2.14. The summed E-state index contributed by atoms with van der Waals surface area (Å²) in [6.07, 6.45) is 0. The Morgan fingerprint density at radius 1 is 1.17 bits per heavy atom. The normalized spacial score (nSPS) is 12.2. The van der Waals surface area contributed by atoms with E-state index in [1.54, 1.807) is 25.3 Å². The van der Waals surface area contributed by atoms with Crippen molar-refractivity contribution in [3.8, 4) is 5.75 Å². The fourth-order valence-corrected chi connectivity index (χ4v) is 1.92. The molecule has 1 atom stereocenters. The summed E-state index contributed by atoms with van der Waals surface area (Å²) in [4.78, 5) is 0. The maximum absolute atomic E-state index is 13.7. The van der Waals surface area contributed by atoms with Crippen LogP contribution in [0.15, 0.2) is 42.5 Å². The molecule has 94 valence electrons. The van der Waals surface area contributed by atoms with E-state index in [2.05, 4.69) is 0 Å². The van der Waals surface area contributed by atoms with Gasteiger partial charge in [-0.25, -0.2) is 4.39 Å². The number of ether oxygens (including phenoxy) is 1. The van der Waals surface area contributed by atoms with Crippen molar-refractivity contribution in [3.63, 3.8) is 0 Å². The molecule has 4 heteroatoms. The predicted molar refractivity (Wildman–Crippen MR) is 70.4 cm³/mol. The first-order valence-corrected chi connectivity index (χ1v) is 5.84. The quantitative estimate of drug-likeness (QED) is 0.921. The zero-order chi connectivity index (χ0) is 13.1. The van der Waals surface area contributed by atoms with E-state index in [0.717, 1.165) is 11.3 Å². The summed E-state index contributed by atoms with van der Waals surface area (Å²) < 4.78 is 18.7. The second kappa shape index (κ2) is 5.38. The van der Waals surface area contributed by atoms with E-state index in [1.807, 2.05) is 12.1 Å². The van der Waals surface area contributed by atoms with Crippen molar-refractivity contribution < 1.29 is 9.13 Å². The third kappa shape index (κ3) is 2.63. The monoisotopic (exact) mass is 265 g/mol. The highest BCUT2D eigenvalue weighted by atomic mass is 35.5. The largest absolute Gasteiger partial charge is 0.497 e. The van der Waals surface area contributed by atoms with Crippen LogP contribution in [0.25, 0.3) is 0 Å². The Kier molecular flexibility index (Phi) is 3.84. The summed E-state index contributed by atoms with van der Waals surface area (Å²) in [5.74, 6) is 0.375. The van der Waals surface area contributed by atoms with Crippen molar-refractivity contribution in [1.82, 2.24) is 0 Å². The van der Waals surface area contributed by atoms with E-state index in [9.17, 15) is 4.39 Å². The molecular formula is C14H13ClFNO. The number of nitrogens with two attached hydrogens (primary N) is 1. The minimum atomic E-state index is -0.547. The average molecular weight is 266 g/mol. The number of hydrogen-bond donors (Lipinski definition) is 1. The molecule has 0 aliphatic carbocycles. The molecule has 18 heavy (non-hydrogen) atoms. The van der Waals surface area contributed by atoms with Gasteiger partial charge in [-0.1, -0.05) is 23.7 Å². The first kappa shape index (κ1) is 12.9. The van der Waals surface area contributed by atoms with Crippen LogP contribution in [0.4, 0.5) is 4.39 Å². The lowest BCUT2D eigenvalue weighted by molar-refractivity contribution is 0.414. The Morgan fingerprint density at radius 3 is 2.44 bits per heavy atom. The Hall–Kier alpha value is -1.58. The van der Waals surface area contributed by atoms with Gasteiger partial charge in [0.15, 0.2) is 0 Å². The third-order valence-electron chi connectivity index (χ3n) is 2.77. The fourth-order valence-electron chi connectivity index (χ4n) is 1.74. The molecule has 0 aliphatic heterocycles. The van der Waals surface area contributed by atoms with Gasteiger partial charge in [0.2, 0.25) is 0 Å². The standard InChI is InChI=1S/C14H13ClFNO/c1-18-11-5-2-9(3-6-11)14(17)12-8-10(15)4-7-13(12)16/h2-8,14H,17H2,1H3. The minimum absolute atomic E-state index is 0.359. The number of methoxy groups -OCH3 is 1. The molecule has 0 saturated heterocycles. The van der Waals surface area contributed by atoms with Gasteiger partial charge in [0.25, 0.3) is 0 Å². The van der Waals surface area contributed by atoms with E-state index < -0.39 is 6.04 Å². The van der Waals surface area contributed by atoms with Crippen molar-refractivity contribution in [3.05, 3.63) is 64.4 Å². The van der Waals surface area contributed by atoms with Crippen molar-refractivity contribution in [1.29, 1.82) is 0 Å². The van der Waals surface area contributed by atoms with Gasteiger partial charge in [0.05, 0.1) is 13.2 Å². The molecule has 0 amide bonds. The molecule has 1 unspecified atom stereocenters.